The molecule has 1 amide bonds. The van der Waals surface area contributed by atoms with Crippen LogP contribution in [-0.2, 0) is 0 Å². The van der Waals surface area contributed by atoms with Gasteiger partial charge in [0.15, 0.2) is 5.65 Å². The Morgan fingerprint density at radius 3 is 2.41 bits per heavy atom. The Morgan fingerprint density at radius 1 is 0.906 bits per heavy atom. The van der Waals surface area contributed by atoms with Crippen molar-refractivity contribution in [3.8, 4) is 5.69 Å². The van der Waals surface area contributed by atoms with Gasteiger partial charge in [-0.2, -0.15) is 0 Å². The Balaban J connectivity index is 1.71. The molecule has 0 spiro atoms. The van der Waals surface area contributed by atoms with Gasteiger partial charge in [0.25, 0.3) is 5.91 Å². The highest BCUT2D eigenvalue weighted by atomic mass is 16.2. The van der Waals surface area contributed by atoms with Crippen LogP contribution in [0.5, 0.6) is 0 Å². The quantitative estimate of drug-likeness (QED) is 0.412. The van der Waals surface area contributed by atoms with Crippen LogP contribution in [0.25, 0.3) is 27.6 Å². The van der Waals surface area contributed by atoms with Gasteiger partial charge in [-0.25, -0.2) is 9.97 Å². The van der Waals surface area contributed by atoms with E-state index in [9.17, 15) is 4.79 Å². The number of aryl methyl sites for hydroxylation is 3. The van der Waals surface area contributed by atoms with Crippen LogP contribution in [0.4, 0.5) is 11.5 Å². The first-order valence-electron chi connectivity index (χ1n) is 10.4. The summed E-state index contributed by atoms with van der Waals surface area (Å²) in [5, 5.41) is 4.55. The summed E-state index contributed by atoms with van der Waals surface area (Å²) in [6, 6.07) is 21.8. The summed E-state index contributed by atoms with van der Waals surface area (Å²) < 4.78 is 2.04. The van der Waals surface area contributed by atoms with E-state index in [1.807, 2.05) is 60.0 Å². The molecule has 158 valence electrons. The predicted molar refractivity (Wildman–Crippen MR) is 129 cm³/mol. The Labute approximate surface area is 185 Å². The van der Waals surface area contributed by atoms with Gasteiger partial charge in [-0.1, -0.05) is 42.0 Å². The lowest BCUT2D eigenvalue weighted by molar-refractivity contribution is 0.101. The fourth-order valence-corrected chi connectivity index (χ4v) is 3.93. The molecule has 3 aromatic carbocycles. The number of nitrogens with zero attached hydrogens (tertiary/aromatic N) is 3. The van der Waals surface area contributed by atoms with Crippen LogP contribution in [0.2, 0.25) is 0 Å². The molecule has 3 N–H and O–H groups in total. The number of benzene rings is 3. The van der Waals surface area contributed by atoms with E-state index in [0.29, 0.717) is 11.3 Å². The minimum absolute atomic E-state index is 0.0310. The molecule has 0 fully saturated rings. The maximum absolute atomic E-state index is 13.0. The molecule has 32 heavy (non-hydrogen) atoms. The number of rotatable bonds is 3. The Morgan fingerprint density at radius 2 is 1.66 bits per heavy atom. The number of hydrogen-bond acceptors (Lipinski definition) is 4. The summed E-state index contributed by atoms with van der Waals surface area (Å²) in [7, 11) is 0. The van der Waals surface area contributed by atoms with E-state index in [0.717, 1.165) is 27.5 Å². The molecule has 0 aliphatic heterocycles. The molecule has 2 heterocycles. The highest BCUT2D eigenvalue weighted by Crippen LogP contribution is 2.34. The number of aromatic nitrogens is 3. The van der Waals surface area contributed by atoms with Gasteiger partial charge in [-0.15, -0.1) is 0 Å². The SMILES string of the molecule is Cc1ccc(NC(=O)c2nc(N)c3c4ccccc4n(-c4ccc(C)c(C)c4)c3n2)cc1. The molecule has 0 atom stereocenters. The van der Waals surface area contributed by atoms with Gasteiger partial charge in [0, 0.05) is 16.8 Å². The normalized spacial score (nSPS) is 11.2. The number of hydrogen-bond donors (Lipinski definition) is 2. The third-order valence-electron chi connectivity index (χ3n) is 5.81. The number of fused-ring (bicyclic) bond motifs is 3. The summed E-state index contributed by atoms with van der Waals surface area (Å²) in [5.41, 5.74) is 13.1. The number of carbonyl (C=O) groups excluding carboxylic acids is 1. The minimum atomic E-state index is -0.403. The van der Waals surface area contributed by atoms with E-state index < -0.39 is 5.91 Å². The molecule has 0 aliphatic carbocycles. The van der Waals surface area contributed by atoms with Crippen molar-refractivity contribution < 1.29 is 4.79 Å². The molecule has 0 radical (unpaired) electrons. The molecule has 0 bridgehead atoms. The average Bonchev–Trinajstić information content (AvgIpc) is 3.12. The number of carbonyl (C=O) groups is 1. The van der Waals surface area contributed by atoms with Crippen molar-refractivity contribution in [3.05, 3.63) is 89.2 Å². The molecular weight excluding hydrogens is 398 g/mol. The summed E-state index contributed by atoms with van der Waals surface area (Å²) in [6.45, 7) is 6.16. The summed E-state index contributed by atoms with van der Waals surface area (Å²) in [5.74, 6) is -0.0920. The van der Waals surface area contributed by atoms with Crippen LogP contribution in [0.3, 0.4) is 0 Å². The van der Waals surface area contributed by atoms with Crippen molar-refractivity contribution >= 4 is 39.3 Å². The monoisotopic (exact) mass is 421 g/mol. The maximum Gasteiger partial charge on any atom is 0.293 e. The Kier molecular flexibility index (Phi) is 4.63. The zero-order valence-electron chi connectivity index (χ0n) is 18.2. The van der Waals surface area contributed by atoms with E-state index in [2.05, 4.69) is 47.3 Å². The average molecular weight is 422 g/mol. The lowest BCUT2D eigenvalue weighted by Gasteiger charge is -2.10. The van der Waals surface area contributed by atoms with Crippen LogP contribution < -0.4 is 11.1 Å². The van der Waals surface area contributed by atoms with Gasteiger partial charge >= 0.3 is 0 Å². The molecule has 0 saturated heterocycles. The smallest absolute Gasteiger partial charge is 0.293 e. The second-order valence-corrected chi connectivity index (χ2v) is 8.07. The van der Waals surface area contributed by atoms with Crippen molar-refractivity contribution in [2.45, 2.75) is 20.8 Å². The first kappa shape index (κ1) is 19.8. The molecule has 0 saturated carbocycles. The third kappa shape index (κ3) is 3.26. The number of anilines is 2. The van der Waals surface area contributed by atoms with Crippen molar-refractivity contribution in [1.29, 1.82) is 0 Å². The van der Waals surface area contributed by atoms with Crippen molar-refractivity contribution in [1.82, 2.24) is 14.5 Å². The lowest BCUT2D eigenvalue weighted by Crippen LogP contribution is -2.17. The molecular formula is C26H23N5O. The highest BCUT2D eigenvalue weighted by molar-refractivity contribution is 6.13. The summed E-state index contributed by atoms with van der Waals surface area (Å²) >= 11 is 0. The molecule has 5 rings (SSSR count). The molecule has 6 nitrogen and oxygen atoms in total. The number of para-hydroxylation sites is 1. The Bertz CT molecular complexity index is 1500. The van der Waals surface area contributed by atoms with Gasteiger partial charge in [0.2, 0.25) is 5.82 Å². The number of nitrogens with one attached hydrogen (secondary N) is 1. The van der Waals surface area contributed by atoms with Crippen LogP contribution in [0.1, 0.15) is 27.3 Å². The van der Waals surface area contributed by atoms with E-state index in [-0.39, 0.29) is 11.6 Å². The number of nitrogens with two attached hydrogens (primary N) is 1. The Hall–Kier alpha value is -4.19. The van der Waals surface area contributed by atoms with Crippen molar-refractivity contribution in [2.75, 3.05) is 11.1 Å². The van der Waals surface area contributed by atoms with Gasteiger partial charge in [0.05, 0.1) is 10.9 Å². The fourth-order valence-electron chi connectivity index (χ4n) is 3.93. The second kappa shape index (κ2) is 7.50. The molecule has 5 aromatic rings. The van der Waals surface area contributed by atoms with Crippen LogP contribution in [-0.4, -0.2) is 20.4 Å². The zero-order chi connectivity index (χ0) is 22.4. The van der Waals surface area contributed by atoms with E-state index in [4.69, 9.17) is 5.73 Å². The van der Waals surface area contributed by atoms with Crippen LogP contribution >= 0.6 is 0 Å². The molecule has 0 unspecified atom stereocenters. The maximum atomic E-state index is 13.0. The fraction of sp³-hybridized carbons (Fsp3) is 0.115. The molecule has 0 aliphatic rings. The predicted octanol–water partition coefficient (Wildman–Crippen LogP) is 5.33. The number of nitrogen functional groups attached to an aromatic ring is 1. The summed E-state index contributed by atoms with van der Waals surface area (Å²) in [6.07, 6.45) is 0. The van der Waals surface area contributed by atoms with Gasteiger partial charge in [-0.05, 0) is 62.2 Å². The van der Waals surface area contributed by atoms with E-state index in [1.165, 1.54) is 11.1 Å². The topological polar surface area (TPSA) is 85.8 Å². The highest BCUT2D eigenvalue weighted by Gasteiger charge is 2.20. The van der Waals surface area contributed by atoms with Crippen LogP contribution in [0, 0.1) is 20.8 Å². The van der Waals surface area contributed by atoms with E-state index in [1.54, 1.807) is 0 Å². The first-order chi connectivity index (χ1) is 15.4. The minimum Gasteiger partial charge on any atom is -0.383 e. The molecule has 2 aromatic heterocycles. The van der Waals surface area contributed by atoms with Crippen LogP contribution in [0.15, 0.2) is 66.7 Å². The van der Waals surface area contributed by atoms with Gasteiger partial charge in [-0.3, -0.25) is 9.36 Å². The standard InChI is InChI=1S/C26H23N5O/c1-15-8-11-18(12-9-15)28-26(32)24-29-23(27)22-20-6-4-5-7-21(20)31(25(22)30-24)19-13-10-16(2)17(3)14-19/h4-14H,1-3H3,(H,28,32)(H2,27,29,30). The first-order valence-corrected chi connectivity index (χ1v) is 10.4. The third-order valence-corrected chi connectivity index (χ3v) is 5.81. The number of amides is 1. The van der Waals surface area contributed by atoms with Gasteiger partial charge in [0.1, 0.15) is 5.82 Å². The van der Waals surface area contributed by atoms with E-state index >= 15 is 0 Å². The van der Waals surface area contributed by atoms with Crippen molar-refractivity contribution in [3.63, 3.8) is 0 Å². The molecule has 6 heteroatoms. The largest absolute Gasteiger partial charge is 0.383 e. The van der Waals surface area contributed by atoms with Gasteiger partial charge < -0.3 is 11.1 Å². The summed E-state index contributed by atoms with van der Waals surface area (Å²) in [4.78, 5) is 22.0. The van der Waals surface area contributed by atoms with Crippen molar-refractivity contribution in [2.24, 2.45) is 0 Å². The second-order valence-electron chi connectivity index (χ2n) is 8.07. The lowest BCUT2D eigenvalue weighted by atomic mass is 10.1. The zero-order valence-corrected chi connectivity index (χ0v) is 18.2.